The van der Waals surface area contributed by atoms with Crippen LogP contribution in [0.4, 0.5) is 0 Å². The molecular formula is C4H10OTi. The van der Waals surface area contributed by atoms with Crippen LogP contribution in [0.1, 0.15) is 13.8 Å². The second kappa shape index (κ2) is 3.70. The summed E-state index contributed by atoms with van der Waals surface area (Å²) >= 11 is -1.63. The van der Waals surface area contributed by atoms with Gasteiger partial charge in [0.25, 0.3) is 0 Å². The molecule has 0 spiro atoms. The molecule has 0 radical (unpaired) electrons. The molecule has 0 saturated heterocycles. The van der Waals surface area contributed by atoms with Gasteiger partial charge in [-0.2, -0.15) is 0 Å². The summed E-state index contributed by atoms with van der Waals surface area (Å²) in [6.45, 7) is 3.98. The SMILES string of the molecule is C[CH2][Ti](=[O])[CH2]C. The molecule has 2 heteroatoms. The molecular weight excluding hydrogens is 112 g/mol. The number of hydrogen-bond donors (Lipinski definition) is 0. The van der Waals surface area contributed by atoms with E-state index in [9.17, 15) is 3.32 Å². The fraction of sp³-hybridized carbons (Fsp3) is 1.00. The Morgan fingerprint density at radius 1 is 1.33 bits per heavy atom. The predicted molar refractivity (Wildman–Crippen MR) is 21.6 cm³/mol. The summed E-state index contributed by atoms with van der Waals surface area (Å²) in [5, 5.41) is 0. The first kappa shape index (κ1) is 6.51. The van der Waals surface area contributed by atoms with Gasteiger partial charge < -0.3 is 0 Å². The Labute approximate surface area is 44.9 Å². The van der Waals surface area contributed by atoms with E-state index in [1.54, 1.807) is 0 Å². The summed E-state index contributed by atoms with van der Waals surface area (Å²) in [6.07, 6.45) is 0. The molecule has 0 aliphatic rings. The Balaban J connectivity index is 2.99. The second-order valence-corrected chi connectivity index (χ2v) is 5.14. The first-order valence-corrected chi connectivity index (χ1v) is 5.17. The molecule has 1 nitrogen and oxygen atoms in total. The van der Waals surface area contributed by atoms with Crippen molar-refractivity contribution in [2.24, 2.45) is 0 Å². The molecule has 6 heavy (non-hydrogen) atoms. The average Bonchev–Trinajstić information content (AvgIpc) is 1.65. The van der Waals surface area contributed by atoms with Crippen molar-refractivity contribution in [2.75, 3.05) is 0 Å². The van der Waals surface area contributed by atoms with Crippen molar-refractivity contribution >= 4 is 0 Å². The van der Waals surface area contributed by atoms with Gasteiger partial charge in [0.05, 0.1) is 0 Å². The van der Waals surface area contributed by atoms with Crippen molar-refractivity contribution in [1.82, 2.24) is 0 Å². The molecule has 0 aliphatic carbocycles. The first-order valence-electron chi connectivity index (χ1n) is 2.33. The van der Waals surface area contributed by atoms with Crippen LogP contribution in [0.3, 0.4) is 0 Å². The van der Waals surface area contributed by atoms with Gasteiger partial charge in [-0.25, -0.2) is 0 Å². The summed E-state index contributed by atoms with van der Waals surface area (Å²) in [5.74, 6) is 0. The van der Waals surface area contributed by atoms with Crippen molar-refractivity contribution in [3.8, 4) is 0 Å². The summed E-state index contributed by atoms with van der Waals surface area (Å²) in [5.41, 5.74) is 0. The molecule has 0 aromatic rings. The van der Waals surface area contributed by atoms with Crippen molar-refractivity contribution in [3.05, 3.63) is 0 Å². The minimum atomic E-state index is -1.63. The Morgan fingerprint density at radius 2 is 1.67 bits per heavy atom. The molecule has 0 amide bonds. The third kappa shape index (κ3) is 2.74. The molecule has 0 bridgehead atoms. The molecule has 0 aliphatic heterocycles. The van der Waals surface area contributed by atoms with Gasteiger partial charge in [-0.05, 0) is 0 Å². The van der Waals surface area contributed by atoms with Crippen LogP contribution in [0.5, 0.6) is 0 Å². The van der Waals surface area contributed by atoms with Crippen LogP contribution in [-0.2, 0) is 21.2 Å². The summed E-state index contributed by atoms with van der Waals surface area (Å²) < 4.78 is 12.3. The van der Waals surface area contributed by atoms with Crippen LogP contribution in [0.2, 0.25) is 9.45 Å². The van der Waals surface area contributed by atoms with Gasteiger partial charge in [0, 0.05) is 0 Å². The maximum atomic E-state index is 10.4. The summed E-state index contributed by atoms with van der Waals surface area (Å²) in [4.78, 5) is 0. The second-order valence-electron chi connectivity index (χ2n) is 1.25. The molecule has 0 heterocycles. The van der Waals surface area contributed by atoms with Crippen LogP contribution in [0.15, 0.2) is 0 Å². The van der Waals surface area contributed by atoms with Gasteiger partial charge in [0.15, 0.2) is 0 Å². The molecule has 0 aromatic heterocycles. The van der Waals surface area contributed by atoms with E-state index >= 15 is 0 Å². The van der Waals surface area contributed by atoms with E-state index in [-0.39, 0.29) is 0 Å². The van der Waals surface area contributed by atoms with E-state index < -0.39 is 17.8 Å². The molecule has 36 valence electrons. The number of rotatable bonds is 2. The van der Waals surface area contributed by atoms with Crippen molar-refractivity contribution in [2.45, 2.75) is 23.3 Å². The Morgan fingerprint density at radius 3 is 1.67 bits per heavy atom. The Bertz CT molecular complexity index is 45.5. The van der Waals surface area contributed by atoms with Crippen LogP contribution in [0, 0.1) is 0 Å². The standard InChI is InChI=1S/2C2H5.O.Ti/c2*1-2;;/h2*1H2,2H3;;. The minimum absolute atomic E-state index is 0.941. The van der Waals surface area contributed by atoms with Gasteiger partial charge in [0.2, 0.25) is 0 Å². The number of hydrogen-bond acceptors (Lipinski definition) is 1. The molecule has 0 unspecified atom stereocenters. The van der Waals surface area contributed by atoms with E-state index in [0.717, 1.165) is 9.45 Å². The predicted octanol–water partition coefficient (Wildman–Crippen LogP) is 1.83. The third-order valence-electron chi connectivity index (χ3n) is 0.789. The topological polar surface area (TPSA) is 17.1 Å². The zero-order valence-electron chi connectivity index (χ0n) is 4.32. The zero-order valence-corrected chi connectivity index (χ0v) is 5.88. The third-order valence-corrected chi connectivity index (χ3v) is 3.25. The van der Waals surface area contributed by atoms with Crippen molar-refractivity contribution < 1.29 is 21.2 Å². The fourth-order valence-corrected chi connectivity index (χ4v) is 1.03. The van der Waals surface area contributed by atoms with E-state index in [0.29, 0.717) is 0 Å². The van der Waals surface area contributed by atoms with Gasteiger partial charge in [-0.15, -0.1) is 0 Å². The van der Waals surface area contributed by atoms with Crippen LogP contribution < -0.4 is 0 Å². The quantitative estimate of drug-likeness (QED) is 0.510. The van der Waals surface area contributed by atoms with Gasteiger partial charge in [0.1, 0.15) is 0 Å². The maximum absolute atomic E-state index is 10.4. The molecule has 0 rings (SSSR count). The Kier molecular flexibility index (Phi) is 4.01. The van der Waals surface area contributed by atoms with Crippen LogP contribution >= 0.6 is 0 Å². The van der Waals surface area contributed by atoms with Crippen LogP contribution in [0.25, 0.3) is 0 Å². The van der Waals surface area contributed by atoms with Gasteiger partial charge in [-0.3, -0.25) is 0 Å². The molecule has 0 aromatic carbocycles. The monoisotopic (exact) mass is 122 g/mol. The van der Waals surface area contributed by atoms with Crippen molar-refractivity contribution in [3.63, 3.8) is 0 Å². The van der Waals surface area contributed by atoms with E-state index in [2.05, 4.69) is 0 Å². The molecule has 0 saturated carbocycles. The Hall–Kier alpha value is 0.514. The van der Waals surface area contributed by atoms with Crippen molar-refractivity contribution in [1.29, 1.82) is 0 Å². The summed E-state index contributed by atoms with van der Waals surface area (Å²) in [6, 6.07) is 0. The zero-order chi connectivity index (χ0) is 4.99. The average molecular weight is 122 g/mol. The molecule has 0 N–H and O–H groups in total. The summed E-state index contributed by atoms with van der Waals surface area (Å²) in [7, 11) is 0. The molecule has 0 atom stereocenters. The van der Waals surface area contributed by atoms with E-state index in [4.69, 9.17) is 0 Å². The fourth-order valence-electron chi connectivity index (χ4n) is 0.250. The first-order chi connectivity index (χ1) is 2.81. The molecule has 0 fully saturated rings. The van der Waals surface area contributed by atoms with Gasteiger partial charge in [-0.1, -0.05) is 0 Å². The van der Waals surface area contributed by atoms with Crippen LogP contribution in [-0.4, -0.2) is 0 Å². The normalized spacial score (nSPS) is 8.33. The van der Waals surface area contributed by atoms with E-state index in [1.807, 2.05) is 13.8 Å². The van der Waals surface area contributed by atoms with E-state index in [1.165, 1.54) is 0 Å². The van der Waals surface area contributed by atoms with Gasteiger partial charge >= 0.3 is 44.5 Å².